The van der Waals surface area contributed by atoms with E-state index in [1.54, 1.807) is 0 Å². The van der Waals surface area contributed by atoms with E-state index in [1.807, 2.05) is 0 Å². The van der Waals surface area contributed by atoms with E-state index in [9.17, 15) is 13.9 Å². The van der Waals surface area contributed by atoms with Crippen molar-refractivity contribution in [2.24, 2.45) is 0 Å². The molecule has 0 amide bonds. The molecule has 0 radical (unpaired) electrons. The van der Waals surface area contributed by atoms with Crippen LogP contribution < -0.4 is 0 Å². The third-order valence-corrected chi connectivity index (χ3v) is 2.45. The second-order valence-electron chi connectivity index (χ2n) is 3.32. The molecule has 0 unspecified atom stereocenters. The summed E-state index contributed by atoms with van der Waals surface area (Å²) in [6.45, 7) is 0. The van der Waals surface area contributed by atoms with Gasteiger partial charge in [-0.25, -0.2) is 8.78 Å². The molecule has 0 heterocycles. The maximum atomic E-state index is 13.0. The van der Waals surface area contributed by atoms with Crippen LogP contribution in [0.15, 0.2) is 36.4 Å². The van der Waals surface area contributed by atoms with Crippen molar-refractivity contribution in [2.45, 2.75) is 0 Å². The van der Waals surface area contributed by atoms with E-state index in [0.717, 1.165) is 6.07 Å². The van der Waals surface area contributed by atoms with Gasteiger partial charge in [0.25, 0.3) is 0 Å². The van der Waals surface area contributed by atoms with Crippen LogP contribution in [0, 0.1) is 11.6 Å². The molecule has 0 bridgehead atoms. The van der Waals surface area contributed by atoms with Crippen LogP contribution in [0.1, 0.15) is 0 Å². The van der Waals surface area contributed by atoms with E-state index in [1.165, 1.54) is 30.3 Å². The van der Waals surface area contributed by atoms with Crippen LogP contribution >= 0.6 is 11.6 Å². The van der Waals surface area contributed by atoms with Crippen LogP contribution in [0.3, 0.4) is 0 Å². The second-order valence-corrected chi connectivity index (χ2v) is 3.73. The molecule has 0 spiro atoms. The molecule has 2 aromatic rings. The van der Waals surface area contributed by atoms with Gasteiger partial charge in [0, 0.05) is 6.07 Å². The summed E-state index contributed by atoms with van der Waals surface area (Å²) in [6, 6.07) is 7.56. The molecule has 2 aromatic carbocycles. The van der Waals surface area contributed by atoms with E-state index in [4.69, 9.17) is 11.6 Å². The van der Waals surface area contributed by atoms with Crippen LogP contribution in [0.4, 0.5) is 8.78 Å². The first kappa shape index (κ1) is 10.9. The molecule has 2 rings (SSSR count). The SMILES string of the molecule is Oc1ccc(-c2cc(F)cc(F)c2)cc1Cl. The maximum Gasteiger partial charge on any atom is 0.134 e. The number of phenolic OH excluding ortho intramolecular Hbond substituents is 1. The molecule has 0 aliphatic carbocycles. The van der Waals surface area contributed by atoms with E-state index < -0.39 is 11.6 Å². The average molecular weight is 241 g/mol. The zero-order valence-corrected chi connectivity index (χ0v) is 8.80. The average Bonchev–Trinajstić information content (AvgIpc) is 2.20. The van der Waals surface area contributed by atoms with E-state index in [-0.39, 0.29) is 10.8 Å². The molecular weight excluding hydrogens is 234 g/mol. The summed E-state index contributed by atoms with van der Waals surface area (Å²) in [7, 11) is 0. The number of phenols is 1. The van der Waals surface area contributed by atoms with Crippen LogP contribution in [0.2, 0.25) is 5.02 Å². The van der Waals surface area contributed by atoms with Crippen molar-refractivity contribution in [1.82, 2.24) is 0 Å². The van der Waals surface area contributed by atoms with Crippen molar-refractivity contribution >= 4 is 11.6 Å². The van der Waals surface area contributed by atoms with Crippen LogP contribution in [-0.4, -0.2) is 5.11 Å². The van der Waals surface area contributed by atoms with E-state index in [0.29, 0.717) is 11.1 Å². The van der Waals surface area contributed by atoms with Crippen molar-refractivity contribution < 1.29 is 13.9 Å². The highest BCUT2D eigenvalue weighted by Gasteiger charge is 2.05. The van der Waals surface area contributed by atoms with Gasteiger partial charge < -0.3 is 5.11 Å². The quantitative estimate of drug-likeness (QED) is 0.799. The molecule has 1 N–H and O–H groups in total. The lowest BCUT2D eigenvalue weighted by molar-refractivity contribution is 0.475. The normalized spacial score (nSPS) is 10.4. The third kappa shape index (κ3) is 2.14. The molecule has 0 aliphatic heterocycles. The molecule has 0 saturated carbocycles. The Kier molecular flexibility index (Phi) is 2.79. The predicted molar refractivity (Wildman–Crippen MR) is 58.5 cm³/mol. The number of hydrogen-bond donors (Lipinski definition) is 1. The zero-order chi connectivity index (χ0) is 11.7. The van der Waals surface area contributed by atoms with Crippen molar-refractivity contribution in [3.63, 3.8) is 0 Å². The molecule has 0 saturated heterocycles. The Labute approximate surface area is 95.9 Å². The van der Waals surface area contributed by atoms with Gasteiger partial charge in [-0.3, -0.25) is 0 Å². The molecular formula is C12H7ClF2O. The molecule has 82 valence electrons. The van der Waals surface area contributed by atoms with Crippen LogP contribution in [0.25, 0.3) is 11.1 Å². The number of halogens is 3. The molecule has 1 nitrogen and oxygen atoms in total. The molecule has 16 heavy (non-hydrogen) atoms. The molecule has 0 fully saturated rings. The minimum Gasteiger partial charge on any atom is -0.506 e. The topological polar surface area (TPSA) is 20.2 Å². The van der Waals surface area contributed by atoms with E-state index >= 15 is 0 Å². The second kappa shape index (κ2) is 4.10. The fourth-order valence-electron chi connectivity index (χ4n) is 1.41. The molecule has 4 heteroatoms. The number of rotatable bonds is 1. The third-order valence-electron chi connectivity index (χ3n) is 2.14. The smallest absolute Gasteiger partial charge is 0.134 e. The van der Waals surface area contributed by atoms with Gasteiger partial charge in [0.2, 0.25) is 0 Å². The first-order chi connectivity index (χ1) is 7.56. The zero-order valence-electron chi connectivity index (χ0n) is 8.05. The number of aromatic hydroxyl groups is 1. The van der Waals surface area contributed by atoms with Crippen LogP contribution in [-0.2, 0) is 0 Å². The Bertz CT molecular complexity index is 520. The molecule has 0 aliphatic rings. The van der Waals surface area contributed by atoms with Gasteiger partial charge in [-0.2, -0.15) is 0 Å². The Morgan fingerprint density at radius 2 is 1.50 bits per heavy atom. The lowest BCUT2D eigenvalue weighted by Crippen LogP contribution is -1.84. The van der Waals surface area contributed by atoms with Gasteiger partial charge in [0.1, 0.15) is 17.4 Å². The van der Waals surface area contributed by atoms with E-state index in [2.05, 4.69) is 0 Å². The predicted octanol–water partition coefficient (Wildman–Crippen LogP) is 3.99. The van der Waals surface area contributed by atoms with Gasteiger partial charge in [0.05, 0.1) is 5.02 Å². The summed E-state index contributed by atoms with van der Waals surface area (Å²) in [6.07, 6.45) is 0. The Balaban J connectivity index is 2.54. The summed E-state index contributed by atoms with van der Waals surface area (Å²) in [5.41, 5.74) is 0.917. The Hall–Kier alpha value is -1.61. The van der Waals surface area contributed by atoms with Gasteiger partial charge in [0.15, 0.2) is 0 Å². The van der Waals surface area contributed by atoms with Gasteiger partial charge in [-0.15, -0.1) is 0 Å². The highest BCUT2D eigenvalue weighted by Crippen LogP contribution is 2.29. The minimum absolute atomic E-state index is 0.0673. The van der Waals surface area contributed by atoms with Gasteiger partial charge >= 0.3 is 0 Å². The summed E-state index contributed by atoms with van der Waals surface area (Å²) in [5.74, 6) is -1.37. The van der Waals surface area contributed by atoms with Crippen molar-refractivity contribution in [3.8, 4) is 16.9 Å². The summed E-state index contributed by atoms with van der Waals surface area (Å²) >= 11 is 5.71. The number of hydrogen-bond acceptors (Lipinski definition) is 1. The van der Waals surface area contributed by atoms with Crippen molar-refractivity contribution in [1.29, 1.82) is 0 Å². The minimum atomic E-state index is -0.654. The fraction of sp³-hybridized carbons (Fsp3) is 0. The molecule has 0 atom stereocenters. The van der Waals surface area contributed by atoms with Crippen molar-refractivity contribution in [2.75, 3.05) is 0 Å². The highest BCUT2D eigenvalue weighted by molar-refractivity contribution is 6.32. The van der Waals surface area contributed by atoms with Crippen LogP contribution in [0.5, 0.6) is 5.75 Å². The first-order valence-corrected chi connectivity index (χ1v) is 4.89. The lowest BCUT2D eigenvalue weighted by Gasteiger charge is -2.04. The summed E-state index contributed by atoms with van der Waals surface area (Å²) in [4.78, 5) is 0. The number of benzene rings is 2. The highest BCUT2D eigenvalue weighted by atomic mass is 35.5. The Morgan fingerprint density at radius 1 is 0.875 bits per heavy atom. The Morgan fingerprint density at radius 3 is 2.06 bits per heavy atom. The lowest BCUT2D eigenvalue weighted by atomic mass is 10.1. The van der Waals surface area contributed by atoms with Crippen molar-refractivity contribution in [3.05, 3.63) is 53.1 Å². The summed E-state index contributed by atoms with van der Waals surface area (Å²) < 4.78 is 25.9. The monoisotopic (exact) mass is 240 g/mol. The fourth-order valence-corrected chi connectivity index (χ4v) is 1.59. The largest absolute Gasteiger partial charge is 0.506 e. The summed E-state index contributed by atoms with van der Waals surface area (Å²) in [5, 5.41) is 9.36. The standard InChI is InChI=1S/C12H7ClF2O/c13-11-5-7(1-2-12(11)16)8-3-9(14)6-10(15)4-8/h1-6,16H. The molecule has 0 aromatic heterocycles. The van der Waals surface area contributed by atoms with Gasteiger partial charge in [-0.05, 0) is 35.4 Å². The first-order valence-electron chi connectivity index (χ1n) is 4.51. The maximum absolute atomic E-state index is 13.0. The van der Waals surface area contributed by atoms with Gasteiger partial charge in [-0.1, -0.05) is 17.7 Å².